The van der Waals surface area contributed by atoms with E-state index in [1.54, 1.807) is 30.6 Å². The SMILES string of the molecule is CCOc1cc(C(=O)NC(C)c2ccc3c(c2)OCCCO3)ccc1OCc1cccnc1. The zero-order chi connectivity index (χ0) is 23.0. The molecule has 4 rings (SSSR count). The highest BCUT2D eigenvalue weighted by atomic mass is 16.5. The Morgan fingerprint density at radius 2 is 1.91 bits per heavy atom. The molecule has 0 fully saturated rings. The van der Waals surface area contributed by atoms with Crippen LogP contribution in [0.1, 0.15) is 47.8 Å². The molecule has 0 radical (unpaired) electrons. The molecular formula is C26H28N2O5. The van der Waals surface area contributed by atoms with E-state index < -0.39 is 0 Å². The molecular weight excluding hydrogens is 420 g/mol. The van der Waals surface area contributed by atoms with Crippen molar-refractivity contribution < 1.29 is 23.7 Å². The van der Waals surface area contributed by atoms with Crippen molar-refractivity contribution in [1.29, 1.82) is 0 Å². The van der Waals surface area contributed by atoms with Gasteiger partial charge in [-0.2, -0.15) is 0 Å². The Morgan fingerprint density at radius 1 is 1.06 bits per heavy atom. The summed E-state index contributed by atoms with van der Waals surface area (Å²) in [5, 5.41) is 3.04. The number of rotatable bonds is 8. The number of hydrogen-bond donors (Lipinski definition) is 1. The lowest BCUT2D eigenvalue weighted by Gasteiger charge is -2.17. The molecule has 7 nitrogen and oxygen atoms in total. The zero-order valence-electron chi connectivity index (χ0n) is 18.9. The highest BCUT2D eigenvalue weighted by molar-refractivity contribution is 5.95. The van der Waals surface area contributed by atoms with Crippen LogP contribution in [0.5, 0.6) is 23.0 Å². The number of carbonyl (C=O) groups is 1. The number of ether oxygens (including phenoxy) is 4. The molecule has 0 bridgehead atoms. The Morgan fingerprint density at radius 3 is 2.70 bits per heavy atom. The lowest BCUT2D eigenvalue weighted by molar-refractivity contribution is 0.0939. The quantitative estimate of drug-likeness (QED) is 0.538. The largest absolute Gasteiger partial charge is 0.490 e. The summed E-state index contributed by atoms with van der Waals surface area (Å²) < 4.78 is 23.1. The lowest BCUT2D eigenvalue weighted by Crippen LogP contribution is -2.26. The van der Waals surface area contributed by atoms with Crippen LogP contribution < -0.4 is 24.3 Å². The number of nitrogens with zero attached hydrogens (tertiary/aromatic N) is 1. The number of hydrogen-bond acceptors (Lipinski definition) is 6. The molecule has 1 amide bonds. The maximum absolute atomic E-state index is 12.9. The Bertz CT molecular complexity index is 1090. The van der Waals surface area contributed by atoms with E-state index >= 15 is 0 Å². The van der Waals surface area contributed by atoms with Crippen molar-refractivity contribution in [2.75, 3.05) is 19.8 Å². The van der Waals surface area contributed by atoms with Crippen molar-refractivity contribution in [3.63, 3.8) is 0 Å². The fourth-order valence-electron chi connectivity index (χ4n) is 3.49. The molecule has 2 aromatic carbocycles. The van der Waals surface area contributed by atoms with Crippen molar-refractivity contribution in [2.24, 2.45) is 0 Å². The first-order valence-electron chi connectivity index (χ1n) is 11.1. The van der Waals surface area contributed by atoms with Crippen LogP contribution in [0.15, 0.2) is 60.9 Å². The lowest BCUT2D eigenvalue weighted by atomic mass is 10.1. The van der Waals surface area contributed by atoms with Crippen LogP contribution in [0.4, 0.5) is 0 Å². The normalized spacial score (nSPS) is 13.5. The third kappa shape index (κ3) is 5.74. The molecule has 172 valence electrons. The highest BCUT2D eigenvalue weighted by Gasteiger charge is 2.17. The van der Waals surface area contributed by atoms with Gasteiger partial charge in [-0.3, -0.25) is 9.78 Å². The average Bonchev–Trinajstić information content (AvgIpc) is 3.09. The summed E-state index contributed by atoms with van der Waals surface area (Å²) in [5.74, 6) is 2.35. The van der Waals surface area contributed by atoms with Gasteiger partial charge in [-0.25, -0.2) is 0 Å². The maximum Gasteiger partial charge on any atom is 0.251 e. The minimum Gasteiger partial charge on any atom is -0.490 e. The Labute approximate surface area is 193 Å². The van der Waals surface area contributed by atoms with Crippen LogP contribution in [0.3, 0.4) is 0 Å². The van der Waals surface area contributed by atoms with Gasteiger partial charge in [0, 0.05) is 29.9 Å². The van der Waals surface area contributed by atoms with E-state index in [2.05, 4.69) is 10.3 Å². The molecule has 1 aliphatic heterocycles. The fraction of sp³-hybridized carbons (Fsp3) is 0.308. The van der Waals surface area contributed by atoms with E-state index in [9.17, 15) is 4.79 Å². The fourth-order valence-corrected chi connectivity index (χ4v) is 3.49. The third-order valence-electron chi connectivity index (χ3n) is 5.24. The Hall–Kier alpha value is -3.74. The number of benzene rings is 2. The van der Waals surface area contributed by atoms with Crippen LogP contribution >= 0.6 is 0 Å². The second-order valence-electron chi connectivity index (χ2n) is 7.70. The first kappa shape index (κ1) is 22.5. The summed E-state index contributed by atoms with van der Waals surface area (Å²) in [5.41, 5.74) is 2.38. The molecule has 0 saturated heterocycles. The van der Waals surface area contributed by atoms with Gasteiger partial charge in [0.25, 0.3) is 5.91 Å². The smallest absolute Gasteiger partial charge is 0.251 e. The van der Waals surface area contributed by atoms with Gasteiger partial charge in [-0.1, -0.05) is 12.1 Å². The van der Waals surface area contributed by atoms with Gasteiger partial charge in [0.15, 0.2) is 23.0 Å². The molecule has 0 spiro atoms. The van der Waals surface area contributed by atoms with E-state index in [4.69, 9.17) is 18.9 Å². The molecule has 2 heterocycles. The minimum atomic E-state index is -0.216. The van der Waals surface area contributed by atoms with Crippen molar-refractivity contribution in [3.05, 3.63) is 77.6 Å². The molecule has 7 heteroatoms. The summed E-state index contributed by atoms with van der Waals surface area (Å²) in [4.78, 5) is 17.0. The van der Waals surface area contributed by atoms with Gasteiger partial charge < -0.3 is 24.3 Å². The minimum absolute atomic E-state index is 0.200. The van der Waals surface area contributed by atoms with Gasteiger partial charge in [0.2, 0.25) is 0 Å². The molecule has 1 atom stereocenters. The summed E-state index contributed by atoms with van der Waals surface area (Å²) in [6, 6.07) is 14.5. The summed E-state index contributed by atoms with van der Waals surface area (Å²) in [6.07, 6.45) is 4.32. The van der Waals surface area contributed by atoms with Crippen LogP contribution in [0, 0.1) is 0 Å². The molecule has 1 N–H and O–H groups in total. The van der Waals surface area contributed by atoms with Gasteiger partial charge >= 0.3 is 0 Å². The Balaban J connectivity index is 1.45. The number of amides is 1. The molecule has 1 unspecified atom stereocenters. The van der Waals surface area contributed by atoms with Crippen LogP contribution in [-0.4, -0.2) is 30.7 Å². The van der Waals surface area contributed by atoms with E-state index in [0.29, 0.717) is 49.2 Å². The number of nitrogens with one attached hydrogen (secondary N) is 1. The molecule has 0 aliphatic carbocycles. The standard InChI is InChI=1S/C26H28N2O5/c1-3-30-24-15-21(8-10-23(24)33-17-19-6-4-11-27-16-19)26(29)28-18(2)20-7-9-22-25(14-20)32-13-5-12-31-22/h4,6-11,14-16,18H,3,5,12-13,17H2,1-2H3,(H,28,29). The number of aromatic nitrogens is 1. The maximum atomic E-state index is 12.9. The van der Waals surface area contributed by atoms with Crippen molar-refractivity contribution in [2.45, 2.75) is 32.9 Å². The first-order valence-corrected chi connectivity index (χ1v) is 11.1. The predicted molar refractivity (Wildman–Crippen MR) is 124 cm³/mol. The second-order valence-corrected chi connectivity index (χ2v) is 7.70. The highest BCUT2D eigenvalue weighted by Crippen LogP contribution is 2.33. The summed E-state index contributed by atoms with van der Waals surface area (Å²) in [6.45, 7) is 5.91. The molecule has 0 saturated carbocycles. The molecule has 33 heavy (non-hydrogen) atoms. The second kappa shape index (κ2) is 10.7. The first-order chi connectivity index (χ1) is 16.1. The Kier molecular flexibility index (Phi) is 7.29. The van der Waals surface area contributed by atoms with E-state index in [-0.39, 0.29) is 11.9 Å². The third-order valence-corrected chi connectivity index (χ3v) is 5.24. The van der Waals surface area contributed by atoms with Crippen molar-refractivity contribution in [1.82, 2.24) is 10.3 Å². The summed E-state index contributed by atoms with van der Waals surface area (Å²) >= 11 is 0. The van der Waals surface area contributed by atoms with E-state index in [1.165, 1.54) is 0 Å². The molecule has 3 aromatic rings. The predicted octanol–water partition coefficient (Wildman–Crippen LogP) is 4.71. The van der Waals surface area contributed by atoms with Crippen LogP contribution in [0.25, 0.3) is 0 Å². The molecule has 1 aliphatic rings. The monoisotopic (exact) mass is 448 g/mol. The van der Waals surface area contributed by atoms with Crippen molar-refractivity contribution >= 4 is 5.91 Å². The van der Waals surface area contributed by atoms with Crippen LogP contribution in [-0.2, 0) is 6.61 Å². The van der Waals surface area contributed by atoms with E-state index in [1.807, 2.05) is 44.2 Å². The topological polar surface area (TPSA) is 78.9 Å². The van der Waals surface area contributed by atoms with Crippen molar-refractivity contribution in [3.8, 4) is 23.0 Å². The average molecular weight is 449 g/mol. The number of fused-ring (bicyclic) bond motifs is 1. The van der Waals surface area contributed by atoms with Gasteiger partial charge in [-0.15, -0.1) is 0 Å². The van der Waals surface area contributed by atoms with Gasteiger partial charge in [0.1, 0.15) is 6.61 Å². The van der Waals surface area contributed by atoms with E-state index in [0.717, 1.165) is 23.3 Å². The summed E-state index contributed by atoms with van der Waals surface area (Å²) in [7, 11) is 0. The number of carbonyl (C=O) groups excluding carboxylic acids is 1. The van der Waals surface area contributed by atoms with Gasteiger partial charge in [0.05, 0.1) is 25.9 Å². The zero-order valence-corrected chi connectivity index (χ0v) is 18.9. The molecule has 1 aromatic heterocycles. The van der Waals surface area contributed by atoms with Gasteiger partial charge in [-0.05, 0) is 55.8 Å². The van der Waals surface area contributed by atoms with Crippen LogP contribution in [0.2, 0.25) is 0 Å². The number of pyridine rings is 1.